The molecule has 8 heteroatoms. The summed E-state index contributed by atoms with van der Waals surface area (Å²) in [6, 6.07) is 13.2. The Bertz CT molecular complexity index is 1590. The van der Waals surface area contributed by atoms with Crippen molar-refractivity contribution in [2.24, 2.45) is 0 Å². The second-order valence-electron chi connectivity index (χ2n) is 9.37. The third kappa shape index (κ3) is 3.07. The molecule has 1 unspecified atom stereocenters. The Labute approximate surface area is 218 Å². The maximum absolute atomic E-state index is 14.3. The third-order valence-corrected chi connectivity index (χ3v) is 7.50. The second kappa shape index (κ2) is 8.08. The first-order valence-electron chi connectivity index (χ1n) is 11.6. The number of rotatable bonds is 3. The van der Waals surface area contributed by atoms with Crippen molar-refractivity contribution in [2.45, 2.75) is 32.9 Å². The van der Waals surface area contributed by atoms with Gasteiger partial charge in [0.05, 0.1) is 29.1 Å². The molecule has 0 saturated heterocycles. The van der Waals surface area contributed by atoms with Crippen LogP contribution in [0, 0.1) is 12.7 Å². The lowest BCUT2D eigenvalue weighted by molar-refractivity contribution is 0.0989. The number of aryl methyl sites for hydroxylation is 1. The number of hydrogen-bond acceptors (Lipinski definition) is 3. The van der Waals surface area contributed by atoms with E-state index in [1.807, 2.05) is 55.7 Å². The molecule has 3 aromatic carbocycles. The zero-order valence-corrected chi connectivity index (χ0v) is 21.6. The van der Waals surface area contributed by atoms with Gasteiger partial charge in [-0.3, -0.25) is 9.69 Å². The number of benzene rings is 3. The van der Waals surface area contributed by atoms with Crippen LogP contribution >= 0.6 is 23.2 Å². The molecular weight excluding hydrogens is 500 g/mol. The van der Waals surface area contributed by atoms with Crippen molar-refractivity contribution < 1.29 is 13.9 Å². The number of nitrogens with zero attached hydrogens (tertiary/aromatic N) is 3. The minimum Gasteiger partial charge on any atom is -0.496 e. The van der Waals surface area contributed by atoms with Crippen LogP contribution in [0.4, 0.5) is 10.1 Å². The number of carbonyl (C=O) groups excluding carboxylic acids is 1. The minimum atomic E-state index is -0.437. The third-order valence-electron chi connectivity index (χ3n) is 6.95. The summed E-state index contributed by atoms with van der Waals surface area (Å²) in [5.41, 5.74) is 5.84. The van der Waals surface area contributed by atoms with E-state index in [9.17, 15) is 9.18 Å². The standard InChI is InChI=1S/C28H22Cl2FN3O2/c1-13(2)33-26-23(32-27(33)19-12-16(31)7-10-21(19)36-4)28(35)34-24-14(3)5-9-20(30)22(24)18-11-15(29)6-8-17(18)25(26)34/h5-13,25H,1-4H3. The van der Waals surface area contributed by atoms with E-state index < -0.39 is 11.9 Å². The van der Waals surface area contributed by atoms with E-state index in [4.69, 9.17) is 32.9 Å². The Morgan fingerprint density at radius 2 is 1.83 bits per heavy atom. The SMILES string of the molecule is COc1ccc(F)cc1-c1nc2c(n1C(C)C)C1c3ccc(Cl)cc3-c3c(Cl)ccc(C)c3N1C2=O. The van der Waals surface area contributed by atoms with Gasteiger partial charge in [0.25, 0.3) is 5.91 Å². The second-order valence-corrected chi connectivity index (χ2v) is 10.2. The molecule has 4 aromatic rings. The van der Waals surface area contributed by atoms with Crippen molar-refractivity contribution in [3.05, 3.63) is 86.9 Å². The quantitative estimate of drug-likeness (QED) is 0.278. The Kier molecular flexibility index (Phi) is 5.18. The van der Waals surface area contributed by atoms with Gasteiger partial charge in [-0.25, -0.2) is 9.37 Å². The van der Waals surface area contributed by atoms with Gasteiger partial charge >= 0.3 is 0 Å². The lowest BCUT2D eigenvalue weighted by Gasteiger charge is -2.37. The number of ether oxygens (including phenoxy) is 1. The van der Waals surface area contributed by atoms with Crippen molar-refractivity contribution in [1.82, 2.24) is 9.55 Å². The van der Waals surface area contributed by atoms with Gasteiger partial charge in [-0.1, -0.05) is 35.3 Å². The smallest absolute Gasteiger partial charge is 0.279 e. The molecule has 1 atom stereocenters. The molecular formula is C28H22Cl2FN3O2. The Balaban J connectivity index is 1.69. The Morgan fingerprint density at radius 1 is 1.06 bits per heavy atom. The lowest BCUT2D eigenvalue weighted by atomic mass is 9.86. The Hall–Kier alpha value is -3.35. The van der Waals surface area contributed by atoms with Gasteiger partial charge in [0.15, 0.2) is 5.69 Å². The predicted molar refractivity (Wildman–Crippen MR) is 140 cm³/mol. The number of anilines is 1. The van der Waals surface area contributed by atoms with Crippen LogP contribution in [0.2, 0.25) is 10.0 Å². The van der Waals surface area contributed by atoms with Crippen LogP contribution in [-0.4, -0.2) is 22.6 Å². The molecule has 0 fully saturated rings. The molecule has 3 heterocycles. The number of fused-ring (bicyclic) bond motifs is 8. The van der Waals surface area contributed by atoms with E-state index >= 15 is 0 Å². The number of imidazole rings is 1. The molecule has 182 valence electrons. The molecule has 0 radical (unpaired) electrons. The van der Waals surface area contributed by atoms with Gasteiger partial charge in [-0.05, 0) is 73.9 Å². The summed E-state index contributed by atoms with van der Waals surface area (Å²) < 4.78 is 21.9. The van der Waals surface area contributed by atoms with E-state index in [2.05, 4.69) is 0 Å². The molecule has 6 rings (SSSR count). The van der Waals surface area contributed by atoms with Crippen LogP contribution in [0.1, 0.15) is 53.2 Å². The first-order chi connectivity index (χ1) is 17.2. The van der Waals surface area contributed by atoms with Crippen LogP contribution < -0.4 is 9.64 Å². The molecule has 0 bridgehead atoms. The van der Waals surface area contributed by atoms with Gasteiger partial charge in [0.1, 0.15) is 23.4 Å². The summed E-state index contributed by atoms with van der Waals surface area (Å²) in [4.78, 5) is 20.7. The molecule has 5 nitrogen and oxygen atoms in total. The summed E-state index contributed by atoms with van der Waals surface area (Å²) in [7, 11) is 1.53. The van der Waals surface area contributed by atoms with Crippen molar-refractivity contribution in [3.63, 3.8) is 0 Å². The normalized spacial score (nSPS) is 15.6. The number of halogens is 3. The topological polar surface area (TPSA) is 47.4 Å². The average Bonchev–Trinajstić information content (AvgIpc) is 3.36. The van der Waals surface area contributed by atoms with Crippen LogP contribution in [0.3, 0.4) is 0 Å². The van der Waals surface area contributed by atoms with E-state index in [0.29, 0.717) is 32.9 Å². The largest absolute Gasteiger partial charge is 0.496 e. The van der Waals surface area contributed by atoms with E-state index in [1.165, 1.54) is 19.2 Å². The van der Waals surface area contributed by atoms with Gasteiger partial charge in [-0.15, -0.1) is 0 Å². The summed E-state index contributed by atoms with van der Waals surface area (Å²) in [6.45, 7) is 6.00. The van der Waals surface area contributed by atoms with Crippen molar-refractivity contribution in [1.29, 1.82) is 0 Å². The lowest BCUT2D eigenvalue weighted by Crippen LogP contribution is -2.34. The van der Waals surface area contributed by atoms with Gasteiger partial charge < -0.3 is 9.30 Å². The Morgan fingerprint density at radius 3 is 2.56 bits per heavy atom. The first-order valence-corrected chi connectivity index (χ1v) is 12.4. The maximum Gasteiger partial charge on any atom is 0.279 e. The average molecular weight is 522 g/mol. The van der Waals surface area contributed by atoms with Crippen LogP contribution in [-0.2, 0) is 0 Å². The summed E-state index contributed by atoms with van der Waals surface area (Å²) in [5.74, 6) is 0.339. The zero-order valence-electron chi connectivity index (χ0n) is 20.1. The number of amides is 1. The van der Waals surface area contributed by atoms with Gasteiger partial charge in [0, 0.05) is 16.6 Å². The summed E-state index contributed by atoms with van der Waals surface area (Å²) in [5, 5.41) is 1.13. The fourth-order valence-electron chi connectivity index (χ4n) is 5.52. The fraction of sp³-hybridized carbons (Fsp3) is 0.214. The number of carbonyl (C=O) groups is 1. The van der Waals surface area contributed by atoms with Crippen molar-refractivity contribution in [2.75, 3.05) is 12.0 Å². The van der Waals surface area contributed by atoms with Gasteiger partial charge in [0.2, 0.25) is 0 Å². The molecule has 1 amide bonds. The highest BCUT2D eigenvalue weighted by Crippen LogP contribution is 2.56. The molecule has 2 aliphatic rings. The zero-order chi connectivity index (χ0) is 25.5. The maximum atomic E-state index is 14.3. The van der Waals surface area contributed by atoms with E-state index in [1.54, 1.807) is 11.0 Å². The van der Waals surface area contributed by atoms with Crippen molar-refractivity contribution >= 4 is 34.8 Å². The molecule has 0 saturated carbocycles. The molecule has 0 spiro atoms. The summed E-state index contributed by atoms with van der Waals surface area (Å²) >= 11 is 13.1. The first kappa shape index (κ1) is 23.1. The van der Waals surface area contributed by atoms with E-state index in [-0.39, 0.29) is 11.9 Å². The minimum absolute atomic E-state index is 0.0745. The van der Waals surface area contributed by atoms with Gasteiger partial charge in [-0.2, -0.15) is 0 Å². The fourth-order valence-corrected chi connectivity index (χ4v) is 5.95. The molecule has 36 heavy (non-hydrogen) atoms. The summed E-state index contributed by atoms with van der Waals surface area (Å²) in [6.07, 6.45) is 0. The molecule has 0 N–H and O–H groups in total. The monoisotopic (exact) mass is 521 g/mol. The molecule has 2 aliphatic heterocycles. The molecule has 0 aliphatic carbocycles. The van der Waals surface area contributed by atoms with Crippen LogP contribution in [0.25, 0.3) is 22.5 Å². The van der Waals surface area contributed by atoms with Crippen LogP contribution in [0.15, 0.2) is 48.5 Å². The highest BCUT2D eigenvalue weighted by Gasteiger charge is 2.49. The van der Waals surface area contributed by atoms with E-state index in [0.717, 1.165) is 33.6 Å². The van der Waals surface area contributed by atoms with Crippen LogP contribution in [0.5, 0.6) is 5.75 Å². The number of hydrogen-bond donors (Lipinski definition) is 0. The van der Waals surface area contributed by atoms with Crippen molar-refractivity contribution in [3.8, 4) is 28.3 Å². The highest BCUT2D eigenvalue weighted by molar-refractivity contribution is 6.35. The molecule has 1 aromatic heterocycles. The highest BCUT2D eigenvalue weighted by atomic mass is 35.5. The number of methoxy groups -OCH3 is 1. The number of aromatic nitrogens is 2. The predicted octanol–water partition coefficient (Wildman–Crippen LogP) is 7.62.